The van der Waals surface area contributed by atoms with Crippen molar-refractivity contribution in [3.05, 3.63) is 29.3 Å². The minimum atomic E-state index is -0.871. The molecule has 0 aliphatic heterocycles. The molecule has 2 atom stereocenters. The van der Waals surface area contributed by atoms with E-state index in [-0.39, 0.29) is 5.91 Å². The van der Waals surface area contributed by atoms with Gasteiger partial charge in [0.05, 0.1) is 5.92 Å². The van der Waals surface area contributed by atoms with Crippen LogP contribution in [0.3, 0.4) is 0 Å². The largest absolute Gasteiger partial charge is 0.481 e. The van der Waals surface area contributed by atoms with Gasteiger partial charge in [-0.2, -0.15) is 0 Å². The molecule has 0 fully saturated rings. The summed E-state index contributed by atoms with van der Waals surface area (Å²) in [7, 11) is 0. The minimum absolute atomic E-state index is 0.280. The van der Waals surface area contributed by atoms with Crippen LogP contribution >= 0.6 is 11.6 Å². The number of carbonyl (C=O) groups is 2. The molecule has 110 valence electrons. The fraction of sp³-hybridized carbons (Fsp3) is 0.429. The quantitative estimate of drug-likeness (QED) is 0.810. The summed E-state index contributed by atoms with van der Waals surface area (Å²) in [6.07, 6.45) is -0.273. The molecule has 20 heavy (non-hydrogen) atoms. The highest BCUT2D eigenvalue weighted by Crippen LogP contribution is 2.16. The number of ether oxygens (including phenoxy) is 1. The number of hydrogen-bond acceptors (Lipinski definition) is 3. The third-order valence-corrected chi connectivity index (χ3v) is 3.05. The summed E-state index contributed by atoms with van der Waals surface area (Å²) in [4.78, 5) is 22.4. The number of benzene rings is 1. The van der Waals surface area contributed by atoms with Gasteiger partial charge in [-0.1, -0.05) is 18.5 Å². The smallest absolute Gasteiger partial charge is 0.306 e. The molecule has 0 radical (unpaired) electrons. The molecule has 0 aliphatic rings. The number of hydrogen-bond donors (Lipinski definition) is 2. The zero-order chi connectivity index (χ0) is 15.1. The van der Waals surface area contributed by atoms with Gasteiger partial charge in [-0.15, -0.1) is 0 Å². The maximum absolute atomic E-state index is 11.8. The first kappa shape index (κ1) is 16.3. The predicted molar refractivity (Wildman–Crippen MR) is 76.0 cm³/mol. The minimum Gasteiger partial charge on any atom is -0.481 e. The predicted octanol–water partition coefficient (Wildman–Crippen LogP) is 2.33. The number of nitrogens with one attached hydrogen (secondary N) is 1. The summed E-state index contributed by atoms with van der Waals surface area (Å²) in [6.45, 7) is 3.54. The number of rotatable bonds is 7. The second kappa shape index (κ2) is 7.75. The van der Waals surface area contributed by atoms with Crippen molar-refractivity contribution in [3.63, 3.8) is 0 Å². The Morgan fingerprint density at radius 3 is 2.45 bits per heavy atom. The van der Waals surface area contributed by atoms with E-state index in [0.717, 1.165) is 0 Å². The van der Waals surface area contributed by atoms with E-state index in [1.54, 1.807) is 38.1 Å². The van der Waals surface area contributed by atoms with Crippen LogP contribution in [-0.2, 0) is 9.59 Å². The van der Waals surface area contributed by atoms with Gasteiger partial charge in [-0.3, -0.25) is 9.59 Å². The second-order valence-corrected chi connectivity index (χ2v) is 4.97. The van der Waals surface area contributed by atoms with Gasteiger partial charge in [-0.05, 0) is 37.6 Å². The summed E-state index contributed by atoms with van der Waals surface area (Å²) in [5.41, 5.74) is 0. The van der Waals surface area contributed by atoms with Crippen molar-refractivity contribution < 1.29 is 19.4 Å². The van der Waals surface area contributed by atoms with E-state index in [9.17, 15) is 9.59 Å². The van der Waals surface area contributed by atoms with Gasteiger partial charge in [-0.25, -0.2) is 0 Å². The zero-order valence-corrected chi connectivity index (χ0v) is 12.2. The van der Waals surface area contributed by atoms with Crippen LogP contribution in [0.4, 0.5) is 0 Å². The van der Waals surface area contributed by atoms with Crippen LogP contribution in [0.5, 0.6) is 5.75 Å². The number of carboxylic acid groups (broad SMARTS) is 1. The number of aliphatic carboxylic acids is 1. The van der Waals surface area contributed by atoms with Crippen molar-refractivity contribution in [3.8, 4) is 5.75 Å². The van der Waals surface area contributed by atoms with Crippen LogP contribution in [0, 0.1) is 5.92 Å². The maximum Gasteiger partial charge on any atom is 0.306 e. The molecule has 2 N–H and O–H groups in total. The first-order chi connectivity index (χ1) is 9.40. The molecule has 1 aromatic rings. The molecule has 2 unspecified atom stereocenters. The average Bonchev–Trinajstić information content (AvgIpc) is 2.40. The van der Waals surface area contributed by atoms with Crippen LogP contribution in [0.2, 0.25) is 5.02 Å². The molecule has 0 bridgehead atoms. The molecule has 0 saturated heterocycles. The molecule has 0 aromatic heterocycles. The molecular weight excluding hydrogens is 282 g/mol. The van der Waals surface area contributed by atoms with Gasteiger partial charge >= 0.3 is 5.97 Å². The Morgan fingerprint density at radius 2 is 1.90 bits per heavy atom. The van der Waals surface area contributed by atoms with E-state index in [4.69, 9.17) is 21.4 Å². The van der Waals surface area contributed by atoms with Gasteiger partial charge in [0.15, 0.2) is 6.10 Å². The lowest BCUT2D eigenvalue weighted by Gasteiger charge is -2.15. The standard InChI is InChI=1S/C14H18ClNO4/c1-9(14(18)19)7-8-16-13(17)10(2)20-12-5-3-11(15)4-6-12/h3-6,9-10H,7-8H2,1-2H3,(H,16,17)(H,18,19). The SMILES string of the molecule is CC(CCNC(=O)C(C)Oc1ccc(Cl)cc1)C(=O)O. The van der Waals surface area contributed by atoms with Crippen LogP contribution < -0.4 is 10.1 Å². The van der Waals surface area contributed by atoms with Crippen molar-refractivity contribution >= 4 is 23.5 Å². The van der Waals surface area contributed by atoms with E-state index < -0.39 is 18.0 Å². The van der Waals surface area contributed by atoms with Gasteiger partial charge in [0.25, 0.3) is 5.91 Å². The summed E-state index contributed by atoms with van der Waals surface area (Å²) in [5, 5.41) is 12.0. The monoisotopic (exact) mass is 299 g/mol. The number of halogens is 1. The maximum atomic E-state index is 11.8. The second-order valence-electron chi connectivity index (χ2n) is 4.53. The number of carbonyl (C=O) groups excluding carboxylic acids is 1. The fourth-order valence-corrected chi connectivity index (χ4v) is 1.58. The Morgan fingerprint density at radius 1 is 1.30 bits per heavy atom. The summed E-state index contributed by atoms with van der Waals surface area (Å²) >= 11 is 5.75. The van der Waals surface area contributed by atoms with Crippen LogP contribution in [-0.4, -0.2) is 29.6 Å². The highest BCUT2D eigenvalue weighted by Gasteiger charge is 2.16. The van der Waals surface area contributed by atoms with Crippen LogP contribution in [0.15, 0.2) is 24.3 Å². The van der Waals surface area contributed by atoms with Crippen molar-refractivity contribution in [2.24, 2.45) is 5.92 Å². The van der Waals surface area contributed by atoms with Gasteiger partial charge in [0.2, 0.25) is 0 Å². The molecule has 0 heterocycles. The Bertz CT molecular complexity index is 461. The van der Waals surface area contributed by atoms with Gasteiger partial charge in [0.1, 0.15) is 5.75 Å². The average molecular weight is 300 g/mol. The Hall–Kier alpha value is -1.75. The fourth-order valence-electron chi connectivity index (χ4n) is 1.45. The highest BCUT2D eigenvalue weighted by molar-refractivity contribution is 6.30. The lowest BCUT2D eigenvalue weighted by molar-refractivity contribution is -0.141. The van der Waals surface area contributed by atoms with Crippen molar-refractivity contribution in [1.29, 1.82) is 0 Å². The van der Waals surface area contributed by atoms with Crippen molar-refractivity contribution in [2.75, 3.05) is 6.54 Å². The molecule has 1 amide bonds. The van der Waals surface area contributed by atoms with Crippen LogP contribution in [0.1, 0.15) is 20.3 Å². The van der Waals surface area contributed by atoms with E-state index in [2.05, 4.69) is 5.32 Å². The molecule has 1 rings (SSSR count). The third kappa shape index (κ3) is 5.48. The number of carboxylic acids is 1. The molecule has 1 aromatic carbocycles. The first-order valence-corrected chi connectivity index (χ1v) is 6.70. The molecule has 0 aliphatic carbocycles. The topological polar surface area (TPSA) is 75.6 Å². The van der Waals surface area contributed by atoms with Crippen LogP contribution in [0.25, 0.3) is 0 Å². The van der Waals surface area contributed by atoms with Crippen molar-refractivity contribution in [1.82, 2.24) is 5.32 Å². The van der Waals surface area contributed by atoms with E-state index in [0.29, 0.717) is 23.7 Å². The normalized spacial score (nSPS) is 13.3. The molecular formula is C14H18ClNO4. The van der Waals surface area contributed by atoms with Crippen molar-refractivity contribution in [2.45, 2.75) is 26.4 Å². The lowest BCUT2D eigenvalue weighted by atomic mass is 10.1. The van der Waals surface area contributed by atoms with E-state index >= 15 is 0 Å². The summed E-state index contributed by atoms with van der Waals surface area (Å²) < 4.78 is 5.45. The Balaban J connectivity index is 2.35. The molecule has 0 saturated carbocycles. The summed E-state index contributed by atoms with van der Waals surface area (Å²) in [6, 6.07) is 6.71. The Kier molecular flexibility index (Phi) is 6.31. The Labute approximate surface area is 122 Å². The molecule has 0 spiro atoms. The molecule has 5 nitrogen and oxygen atoms in total. The molecule has 6 heteroatoms. The highest BCUT2D eigenvalue weighted by atomic mass is 35.5. The van der Waals surface area contributed by atoms with Gasteiger partial charge < -0.3 is 15.2 Å². The lowest BCUT2D eigenvalue weighted by Crippen LogP contribution is -2.37. The summed E-state index contributed by atoms with van der Waals surface area (Å²) in [5.74, 6) is -1.08. The number of amides is 1. The van der Waals surface area contributed by atoms with Gasteiger partial charge in [0, 0.05) is 11.6 Å². The first-order valence-electron chi connectivity index (χ1n) is 6.33. The zero-order valence-electron chi connectivity index (χ0n) is 11.4. The third-order valence-electron chi connectivity index (χ3n) is 2.79. The van der Waals surface area contributed by atoms with E-state index in [1.165, 1.54) is 0 Å². The van der Waals surface area contributed by atoms with E-state index in [1.807, 2.05) is 0 Å².